The van der Waals surface area contributed by atoms with Gasteiger partial charge in [-0.05, 0) is 43.0 Å². The Morgan fingerprint density at radius 2 is 1.95 bits per heavy atom. The average Bonchev–Trinajstić information content (AvgIpc) is 2.53. The van der Waals surface area contributed by atoms with E-state index in [0.717, 1.165) is 22.4 Å². The fourth-order valence-electron chi connectivity index (χ4n) is 2.26. The number of para-hydroxylation sites is 1. The van der Waals surface area contributed by atoms with E-state index in [4.69, 9.17) is 4.74 Å². The van der Waals surface area contributed by atoms with Crippen LogP contribution in [0.2, 0.25) is 0 Å². The highest BCUT2D eigenvalue weighted by atomic mass is 16.5. The minimum Gasteiger partial charge on any atom is -0.491 e. The molecule has 116 valence electrons. The summed E-state index contributed by atoms with van der Waals surface area (Å²) in [6.07, 6.45) is 4.69. The minimum absolute atomic E-state index is 0.0361. The molecular weight excluding hydrogens is 276 g/mol. The van der Waals surface area contributed by atoms with Crippen LogP contribution in [0, 0.1) is 13.8 Å². The molecule has 0 aliphatic heterocycles. The topological polar surface area (TPSA) is 51.2 Å². The van der Waals surface area contributed by atoms with Gasteiger partial charge in [-0.25, -0.2) is 0 Å². The molecule has 0 saturated carbocycles. The molecule has 0 saturated heterocycles. The van der Waals surface area contributed by atoms with Crippen molar-refractivity contribution in [3.8, 4) is 5.75 Å². The van der Waals surface area contributed by atoms with E-state index >= 15 is 0 Å². The van der Waals surface area contributed by atoms with Crippen LogP contribution in [0.1, 0.15) is 23.1 Å². The smallest absolute Gasteiger partial charge is 0.220 e. The maximum absolute atomic E-state index is 11.8. The van der Waals surface area contributed by atoms with E-state index < -0.39 is 0 Å². The number of carbonyl (C=O) groups is 1. The van der Waals surface area contributed by atoms with E-state index in [0.29, 0.717) is 26.0 Å². The molecule has 0 spiro atoms. The number of benzene rings is 1. The molecule has 0 aliphatic rings. The molecule has 1 aromatic carbocycles. The van der Waals surface area contributed by atoms with Crippen LogP contribution in [-0.4, -0.2) is 24.0 Å². The number of ether oxygens (including phenoxy) is 1. The zero-order valence-electron chi connectivity index (χ0n) is 13.1. The van der Waals surface area contributed by atoms with Crippen molar-refractivity contribution in [3.05, 3.63) is 59.4 Å². The second kappa shape index (κ2) is 8.17. The second-order valence-corrected chi connectivity index (χ2v) is 5.28. The molecule has 0 atom stereocenters. The molecule has 2 aromatic rings. The zero-order chi connectivity index (χ0) is 15.8. The molecule has 1 aromatic heterocycles. The van der Waals surface area contributed by atoms with Gasteiger partial charge in [0.2, 0.25) is 5.91 Å². The van der Waals surface area contributed by atoms with E-state index in [1.165, 1.54) is 0 Å². The van der Waals surface area contributed by atoms with Gasteiger partial charge in [-0.2, -0.15) is 0 Å². The monoisotopic (exact) mass is 298 g/mol. The maximum Gasteiger partial charge on any atom is 0.220 e. The molecule has 1 amide bonds. The summed E-state index contributed by atoms with van der Waals surface area (Å²) in [7, 11) is 0. The van der Waals surface area contributed by atoms with Gasteiger partial charge in [0.05, 0.1) is 6.54 Å². The number of nitrogens with zero attached hydrogens (tertiary/aromatic N) is 1. The molecule has 0 aliphatic carbocycles. The number of carbonyl (C=O) groups excluding carboxylic acids is 1. The summed E-state index contributed by atoms with van der Waals surface area (Å²) >= 11 is 0. The number of hydrogen-bond donors (Lipinski definition) is 1. The lowest BCUT2D eigenvalue weighted by Gasteiger charge is -2.12. The van der Waals surface area contributed by atoms with Crippen LogP contribution in [0.15, 0.2) is 42.7 Å². The van der Waals surface area contributed by atoms with Crippen molar-refractivity contribution in [1.29, 1.82) is 0 Å². The third kappa shape index (κ3) is 4.88. The Labute approximate surface area is 131 Å². The molecule has 0 unspecified atom stereocenters. The van der Waals surface area contributed by atoms with E-state index in [2.05, 4.69) is 10.3 Å². The van der Waals surface area contributed by atoms with Gasteiger partial charge in [-0.15, -0.1) is 0 Å². The van der Waals surface area contributed by atoms with E-state index in [-0.39, 0.29) is 5.91 Å². The van der Waals surface area contributed by atoms with Gasteiger partial charge < -0.3 is 10.1 Å². The summed E-state index contributed by atoms with van der Waals surface area (Å²) < 4.78 is 5.76. The van der Waals surface area contributed by atoms with Crippen molar-refractivity contribution in [1.82, 2.24) is 10.3 Å². The fraction of sp³-hybridized carbons (Fsp3) is 0.333. The number of rotatable bonds is 7. The second-order valence-electron chi connectivity index (χ2n) is 5.28. The first-order valence-corrected chi connectivity index (χ1v) is 7.51. The van der Waals surface area contributed by atoms with Crippen LogP contribution < -0.4 is 10.1 Å². The SMILES string of the molecule is Cc1cccc(C)c1OCCNC(=O)CCc1cccnc1. The van der Waals surface area contributed by atoms with Crippen LogP contribution in [0.25, 0.3) is 0 Å². The van der Waals surface area contributed by atoms with Gasteiger partial charge in [-0.1, -0.05) is 24.3 Å². The highest BCUT2D eigenvalue weighted by Crippen LogP contribution is 2.21. The first kappa shape index (κ1) is 16.0. The fourth-order valence-corrected chi connectivity index (χ4v) is 2.26. The van der Waals surface area contributed by atoms with Gasteiger partial charge >= 0.3 is 0 Å². The standard InChI is InChI=1S/C18H22N2O2/c1-14-5-3-6-15(2)18(14)22-12-11-20-17(21)9-8-16-7-4-10-19-13-16/h3-7,10,13H,8-9,11-12H2,1-2H3,(H,20,21). The molecule has 1 N–H and O–H groups in total. The van der Waals surface area contributed by atoms with Crippen LogP contribution in [0.4, 0.5) is 0 Å². The first-order chi connectivity index (χ1) is 10.7. The molecule has 2 rings (SSSR count). The lowest BCUT2D eigenvalue weighted by Crippen LogP contribution is -2.28. The van der Waals surface area contributed by atoms with Crippen LogP contribution in [0.5, 0.6) is 5.75 Å². The highest BCUT2D eigenvalue weighted by Gasteiger charge is 2.04. The van der Waals surface area contributed by atoms with Crippen molar-refractivity contribution < 1.29 is 9.53 Å². The lowest BCUT2D eigenvalue weighted by molar-refractivity contribution is -0.121. The van der Waals surface area contributed by atoms with E-state index in [1.807, 2.05) is 44.2 Å². The number of aryl methyl sites for hydroxylation is 3. The third-order valence-corrected chi connectivity index (χ3v) is 3.44. The van der Waals surface area contributed by atoms with Gasteiger partial charge in [-0.3, -0.25) is 9.78 Å². The summed E-state index contributed by atoms with van der Waals surface area (Å²) in [5.41, 5.74) is 3.30. The average molecular weight is 298 g/mol. The summed E-state index contributed by atoms with van der Waals surface area (Å²) in [5, 5.41) is 2.88. The number of hydrogen-bond acceptors (Lipinski definition) is 3. The molecular formula is C18H22N2O2. The molecule has 0 radical (unpaired) electrons. The maximum atomic E-state index is 11.8. The van der Waals surface area contributed by atoms with Gasteiger partial charge in [0.25, 0.3) is 0 Å². The Balaban J connectivity index is 1.67. The highest BCUT2D eigenvalue weighted by molar-refractivity contribution is 5.76. The quantitative estimate of drug-likeness (QED) is 0.800. The zero-order valence-corrected chi connectivity index (χ0v) is 13.1. The molecule has 0 fully saturated rings. The number of amides is 1. The normalized spacial score (nSPS) is 10.3. The van der Waals surface area contributed by atoms with E-state index in [1.54, 1.807) is 12.4 Å². The molecule has 0 bridgehead atoms. The number of aromatic nitrogens is 1. The van der Waals surface area contributed by atoms with Crippen molar-refractivity contribution in [2.75, 3.05) is 13.2 Å². The Hall–Kier alpha value is -2.36. The third-order valence-electron chi connectivity index (χ3n) is 3.44. The molecule has 4 heteroatoms. The van der Waals surface area contributed by atoms with Crippen LogP contribution in [0.3, 0.4) is 0 Å². The first-order valence-electron chi connectivity index (χ1n) is 7.51. The Bertz CT molecular complexity index is 591. The predicted octanol–water partition coefficient (Wildman–Crippen LogP) is 2.83. The van der Waals surface area contributed by atoms with Crippen LogP contribution in [-0.2, 0) is 11.2 Å². The van der Waals surface area contributed by atoms with Crippen molar-refractivity contribution in [2.45, 2.75) is 26.7 Å². The summed E-state index contributed by atoms with van der Waals surface area (Å²) in [4.78, 5) is 15.8. The molecule has 4 nitrogen and oxygen atoms in total. The predicted molar refractivity (Wildman–Crippen MR) is 87.0 cm³/mol. The Morgan fingerprint density at radius 1 is 1.18 bits per heavy atom. The van der Waals surface area contributed by atoms with Gasteiger partial charge in [0.15, 0.2) is 0 Å². The number of pyridine rings is 1. The summed E-state index contributed by atoms with van der Waals surface area (Å²) in [6.45, 7) is 5.04. The van der Waals surface area contributed by atoms with Gasteiger partial charge in [0.1, 0.15) is 12.4 Å². The number of nitrogens with one attached hydrogen (secondary N) is 1. The van der Waals surface area contributed by atoms with Crippen molar-refractivity contribution in [2.24, 2.45) is 0 Å². The van der Waals surface area contributed by atoms with Crippen LogP contribution >= 0.6 is 0 Å². The van der Waals surface area contributed by atoms with Crippen molar-refractivity contribution in [3.63, 3.8) is 0 Å². The molecule has 22 heavy (non-hydrogen) atoms. The Kier molecular flexibility index (Phi) is 5.95. The molecule has 1 heterocycles. The van der Waals surface area contributed by atoms with Crippen molar-refractivity contribution >= 4 is 5.91 Å². The summed E-state index contributed by atoms with van der Waals surface area (Å²) in [5.74, 6) is 0.945. The Morgan fingerprint density at radius 3 is 2.64 bits per heavy atom. The minimum atomic E-state index is 0.0361. The van der Waals surface area contributed by atoms with E-state index in [9.17, 15) is 4.79 Å². The largest absolute Gasteiger partial charge is 0.491 e. The van der Waals surface area contributed by atoms with Gasteiger partial charge in [0, 0.05) is 18.8 Å². The lowest BCUT2D eigenvalue weighted by atomic mass is 10.1. The summed E-state index contributed by atoms with van der Waals surface area (Å²) in [6, 6.07) is 9.91.